The van der Waals surface area contributed by atoms with E-state index in [1.807, 2.05) is 31.2 Å². The standard InChI is InChI=1S/C18H21N3O4S/c1-13-3-2-4-16(11-13)25-15-7-5-14(6-8-15)20-18(22)21-10-9-17(12-21)26(19,23)24/h2-8,11,17H,9-10,12H2,1H3,(H,20,22)(H2,19,23,24)/t17-/m1/s1. The minimum atomic E-state index is -3.62. The number of primary sulfonamides is 1. The number of hydrogen-bond acceptors (Lipinski definition) is 4. The highest BCUT2D eigenvalue weighted by molar-refractivity contribution is 7.89. The molecule has 0 spiro atoms. The lowest BCUT2D eigenvalue weighted by molar-refractivity contribution is 0.222. The summed E-state index contributed by atoms with van der Waals surface area (Å²) in [6, 6.07) is 14.4. The highest BCUT2D eigenvalue weighted by Crippen LogP contribution is 2.24. The van der Waals surface area contributed by atoms with Crippen molar-refractivity contribution in [3.05, 3.63) is 54.1 Å². The minimum Gasteiger partial charge on any atom is -0.457 e. The average Bonchev–Trinajstić information content (AvgIpc) is 3.07. The number of ether oxygens (including phenoxy) is 1. The van der Waals surface area contributed by atoms with Gasteiger partial charge in [-0.3, -0.25) is 0 Å². The molecule has 3 rings (SSSR count). The molecule has 1 aliphatic heterocycles. The van der Waals surface area contributed by atoms with Crippen LogP contribution in [0.4, 0.5) is 10.5 Å². The third kappa shape index (κ3) is 4.53. The van der Waals surface area contributed by atoms with Gasteiger partial charge in [-0.15, -0.1) is 0 Å². The van der Waals surface area contributed by atoms with Gasteiger partial charge in [0.25, 0.3) is 0 Å². The SMILES string of the molecule is Cc1cccc(Oc2ccc(NC(=O)N3CC[C@@H](S(N)(=O)=O)C3)cc2)c1. The molecule has 2 aromatic rings. The predicted molar refractivity (Wildman–Crippen MR) is 99.8 cm³/mol. The lowest BCUT2D eigenvalue weighted by atomic mass is 10.2. The van der Waals surface area contributed by atoms with Gasteiger partial charge >= 0.3 is 6.03 Å². The van der Waals surface area contributed by atoms with Gasteiger partial charge < -0.3 is 15.0 Å². The third-order valence-electron chi connectivity index (χ3n) is 4.23. The van der Waals surface area contributed by atoms with Gasteiger partial charge in [0.15, 0.2) is 0 Å². The largest absolute Gasteiger partial charge is 0.457 e. The van der Waals surface area contributed by atoms with Crippen molar-refractivity contribution >= 4 is 21.7 Å². The first kappa shape index (κ1) is 18.2. The predicted octanol–water partition coefficient (Wildman–Crippen LogP) is 2.68. The lowest BCUT2D eigenvalue weighted by Crippen LogP contribution is -2.36. The fraction of sp³-hybridized carbons (Fsp3) is 0.278. The second-order valence-electron chi connectivity index (χ2n) is 6.32. The van der Waals surface area contributed by atoms with Gasteiger partial charge in [0.1, 0.15) is 11.5 Å². The summed E-state index contributed by atoms with van der Waals surface area (Å²) < 4.78 is 28.5. The van der Waals surface area contributed by atoms with Gasteiger partial charge in [-0.25, -0.2) is 18.4 Å². The van der Waals surface area contributed by atoms with Crippen LogP contribution in [0.2, 0.25) is 0 Å². The summed E-state index contributed by atoms with van der Waals surface area (Å²) in [5, 5.41) is 7.20. The number of rotatable bonds is 4. The number of nitrogens with one attached hydrogen (secondary N) is 1. The number of hydrogen-bond donors (Lipinski definition) is 2. The number of amides is 2. The maximum atomic E-state index is 12.2. The second-order valence-corrected chi connectivity index (χ2v) is 8.16. The van der Waals surface area contributed by atoms with E-state index in [9.17, 15) is 13.2 Å². The Kier molecular flexibility index (Phi) is 5.15. The number of sulfonamides is 1. The molecule has 2 aromatic carbocycles. The molecule has 3 N–H and O–H groups in total. The van der Waals surface area contributed by atoms with Crippen molar-refractivity contribution in [2.24, 2.45) is 5.14 Å². The molecule has 7 nitrogen and oxygen atoms in total. The van der Waals surface area contributed by atoms with Crippen LogP contribution in [0.5, 0.6) is 11.5 Å². The Labute approximate surface area is 152 Å². The second kappa shape index (κ2) is 7.35. The summed E-state index contributed by atoms with van der Waals surface area (Å²) in [4.78, 5) is 13.7. The molecule has 1 fully saturated rings. The average molecular weight is 375 g/mol. The number of nitrogens with two attached hydrogens (primary N) is 1. The Morgan fingerprint density at radius 3 is 2.54 bits per heavy atom. The Morgan fingerprint density at radius 1 is 1.19 bits per heavy atom. The number of likely N-dealkylation sites (tertiary alicyclic amines) is 1. The molecule has 1 saturated heterocycles. The molecule has 26 heavy (non-hydrogen) atoms. The van der Waals surface area contributed by atoms with Crippen LogP contribution in [-0.4, -0.2) is 37.7 Å². The van der Waals surface area contributed by atoms with Crippen LogP contribution in [-0.2, 0) is 10.0 Å². The van der Waals surface area contributed by atoms with Gasteiger partial charge in [0.2, 0.25) is 10.0 Å². The van der Waals surface area contributed by atoms with E-state index in [4.69, 9.17) is 9.88 Å². The Balaban J connectivity index is 1.58. The molecule has 0 unspecified atom stereocenters. The first-order chi connectivity index (χ1) is 12.3. The van der Waals surface area contributed by atoms with Crippen molar-refractivity contribution in [3.8, 4) is 11.5 Å². The van der Waals surface area contributed by atoms with E-state index >= 15 is 0 Å². The number of carbonyl (C=O) groups excluding carboxylic acids is 1. The van der Waals surface area contributed by atoms with Gasteiger partial charge in [-0.1, -0.05) is 12.1 Å². The van der Waals surface area contributed by atoms with Crippen LogP contribution >= 0.6 is 0 Å². The fourth-order valence-electron chi connectivity index (χ4n) is 2.80. The quantitative estimate of drug-likeness (QED) is 0.858. The van der Waals surface area contributed by atoms with Gasteiger partial charge in [-0.2, -0.15) is 0 Å². The lowest BCUT2D eigenvalue weighted by Gasteiger charge is -2.17. The van der Waals surface area contributed by atoms with Crippen LogP contribution in [0, 0.1) is 6.92 Å². The molecule has 0 bridgehead atoms. The monoisotopic (exact) mass is 375 g/mol. The molecule has 0 aromatic heterocycles. The summed E-state index contributed by atoms with van der Waals surface area (Å²) >= 11 is 0. The smallest absolute Gasteiger partial charge is 0.321 e. The van der Waals surface area contributed by atoms with E-state index in [2.05, 4.69) is 5.32 Å². The van der Waals surface area contributed by atoms with Crippen molar-refractivity contribution < 1.29 is 17.9 Å². The molecule has 138 valence electrons. The number of urea groups is 1. The topological polar surface area (TPSA) is 102 Å². The van der Waals surface area contributed by atoms with Crippen LogP contribution in [0.1, 0.15) is 12.0 Å². The summed E-state index contributed by atoms with van der Waals surface area (Å²) in [7, 11) is -3.62. The first-order valence-corrected chi connectivity index (χ1v) is 9.84. The normalized spacial score (nSPS) is 17.2. The van der Waals surface area contributed by atoms with Gasteiger partial charge in [0.05, 0.1) is 5.25 Å². The van der Waals surface area contributed by atoms with Crippen LogP contribution in [0.25, 0.3) is 0 Å². The van der Waals surface area contributed by atoms with Gasteiger partial charge in [-0.05, 0) is 55.3 Å². The van der Waals surface area contributed by atoms with Crippen LogP contribution in [0.15, 0.2) is 48.5 Å². The van der Waals surface area contributed by atoms with Crippen molar-refractivity contribution in [1.29, 1.82) is 0 Å². The third-order valence-corrected chi connectivity index (χ3v) is 5.54. The van der Waals surface area contributed by atoms with E-state index in [0.717, 1.165) is 11.3 Å². The van der Waals surface area contributed by atoms with E-state index < -0.39 is 15.3 Å². The molecule has 2 amide bonds. The molecule has 1 atom stereocenters. The minimum absolute atomic E-state index is 0.110. The zero-order valence-corrected chi connectivity index (χ0v) is 15.2. The summed E-state index contributed by atoms with van der Waals surface area (Å²) in [6.07, 6.45) is 0.357. The van der Waals surface area contributed by atoms with E-state index in [1.54, 1.807) is 24.3 Å². The maximum Gasteiger partial charge on any atom is 0.321 e. The molecule has 0 saturated carbocycles. The highest BCUT2D eigenvalue weighted by atomic mass is 32.2. The summed E-state index contributed by atoms with van der Waals surface area (Å²) in [5.74, 6) is 1.40. The number of benzene rings is 2. The van der Waals surface area contributed by atoms with E-state index in [0.29, 0.717) is 24.4 Å². The van der Waals surface area contributed by atoms with Crippen molar-refractivity contribution in [1.82, 2.24) is 4.90 Å². The maximum absolute atomic E-state index is 12.2. The number of nitrogens with zero attached hydrogens (tertiary/aromatic N) is 1. The summed E-state index contributed by atoms with van der Waals surface area (Å²) in [6.45, 7) is 2.46. The van der Waals surface area contributed by atoms with Crippen LogP contribution in [0.3, 0.4) is 0 Å². The Bertz CT molecular complexity index is 897. The Morgan fingerprint density at radius 2 is 1.92 bits per heavy atom. The van der Waals surface area contributed by atoms with Crippen molar-refractivity contribution in [3.63, 3.8) is 0 Å². The molecular formula is C18H21N3O4S. The number of aryl methyl sites for hydroxylation is 1. The van der Waals surface area contributed by atoms with Gasteiger partial charge in [0, 0.05) is 18.8 Å². The first-order valence-electron chi connectivity index (χ1n) is 8.23. The molecule has 0 aliphatic carbocycles. The summed E-state index contributed by atoms with van der Waals surface area (Å²) in [5.41, 5.74) is 1.71. The van der Waals surface area contributed by atoms with Crippen molar-refractivity contribution in [2.75, 3.05) is 18.4 Å². The number of carbonyl (C=O) groups is 1. The number of anilines is 1. The Hall–Kier alpha value is -2.58. The molecule has 1 aliphatic rings. The molecule has 1 heterocycles. The van der Waals surface area contributed by atoms with E-state index in [1.165, 1.54) is 4.90 Å². The zero-order valence-electron chi connectivity index (χ0n) is 14.4. The van der Waals surface area contributed by atoms with E-state index in [-0.39, 0.29) is 12.6 Å². The van der Waals surface area contributed by atoms with Crippen LogP contribution < -0.4 is 15.2 Å². The molecular weight excluding hydrogens is 354 g/mol. The van der Waals surface area contributed by atoms with Crippen molar-refractivity contribution in [2.45, 2.75) is 18.6 Å². The molecule has 8 heteroatoms. The fourth-order valence-corrected chi connectivity index (χ4v) is 3.63. The highest BCUT2D eigenvalue weighted by Gasteiger charge is 2.33. The zero-order chi connectivity index (χ0) is 18.7. The molecule has 0 radical (unpaired) electrons.